The number of carbonyl (C=O) groups is 1. The number of aromatic nitrogens is 1. The van der Waals surface area contributed by atoms with E-state index in [4.69, 9.17) is 0 Å². The van der Waals surface area contributed by atoms with Crippen LogP contribution in [0, 0.1) is 0 Å². The van der Waals surface area contributed by atoms with Crippen LogP contribution in [0.2, 0.25) is 0 Å². The Morgan fingerprint density at radius 1 is 1.15 bits per heavy atom. The van der Waals surface area contributed by atoms with Gasteiger partial charge in [-0.1, -0.05) is 6.92 Å². The van der Waals surface area contributed by atoms with Crippen molar-refractivity contribution in [2.24, 2.45) is 5.10 Å². The van der Waals surface area contributed by atoms with Crippen LogP contribution in [-0.4, -0.2) is 21.7 Å². The molecule has 1 amide bonds. The number of pyridine rings is 1. The fraction of sp³-hybridized carbons (Fsp3) is 0.133. The van der Waals surface area contributed by atoms with Crippen molar-refractivity contribution in [3.63, 3.8) is 0 Å². The number of nitrogens with one attached hydrogen (secondary N) is 1. The van der Waals surface area contributed by atoms with Gasteiger partial charge in [0.25, 0.3) is 5.91 Å². The molecule has 2 aromatic rings. The summed E-state index contributed by atoms with van der Waals surface area (Å²) in [5.41, 5.74) is 4.63. The summed E-state index contributed by atoms with van der Waals surface area (Å²) in [7, 11) is 0. The summed E-state index contributed by atoms with van der Waals surface area (Å²) >= 11 is 0. The van der Waals surface area contributed by atoms with Crippen LogP contribution in [0.3, 0.4) is 0 Å². The fourth-order valence-corrected chi connectivity index (χ4v) is 1.69. The van der Waals surface area contributed by atoms with Gasteiger partial charge < -0.3 is 5.11 Å². The van der Waals surface area contributed by atoms with Crippen LogP contribution in [0.5, 0.6) is 5.75 Å². The molecule has 102 valence electrons. The molecule has 0 saturated carbocycles. The van der Waals surface area contributed by atoms with Crippen LogP contribution in [0.4, 0.5) is 0 Å². The molecule has 0 radical (unpaired) electrons. The number of benzene rings is 1. The highest BCUT2D eigenvalue weighted by atomic mass is 16.3. The number of hydrogen-bond donors (Lipinski definition) is 2. The van der Waals surface area contributed by atoms with E-state index in [1.807, 2.05) is 6.92 Å². The van der Waals surface area contributed by atoms with Crippen LogP contribution in [-0.2, 0) is 0 Å². The maximum absolute atomic E-state index is 11.9. The predicted octanol–water partition coefficient (Wildman–Crippen LogP) is 2.33. The molecule has 0 aliphatic heterocycles. The molecule has 2 N–H and O–H groups in total. The summed E-state index contributed by atoms with van der Waals surface area (Å²) in [5.74, 6) is -0.0813. The topological polar surface area (TPSA) is 74.6 Å². The van der Waals surface area contributed by atoms with Crippen molar-refractivity contribution >= 4 is 11.6 Å². The van der Waals surface area contributed by atoms with Crippen molar-refractivity contribution in [1.29, 1.82) is 0 Å². The van der Waals surface area contributed by atoms with Crippen molar-refractivity contribution in [2.75, 3.05) is 0 Å². The van der Waals surface area contributed by atoms with Gasteiger partial charge in [0.1, 0.15) is 5.75 Å². The summed E-state index contributed by atoms with van der Waals surface area (Å²) in [4.78, 5) is 15.7. The first-order valence-electron chi connectivity index (χ1n) is 6.27. The largest absolute Gasteiger partial charge is 0.508 e. The predicted molar refractivity (Wildman–Crippen MR) is 76.6 cm³/mol. The molecule has 20 heavy (non-hydrogen) atoms. The van der Waals surface area contributed by atoms with E-state index in [-0.39, 0.29) is 11.7 Å². The molecule has 2 rings (SSSR count). The zero-order valence-corrected chi connectivity index (χ0v) is 11.1. The Morgan fingerprint density at radius 2 is 1.80 bits per heavy atom. The van der Waals surface area contributed by atoms with Gasteiger partial charge >= 0.3 is 0 Å². The van der Waals surface area contributed by atoms with E-state index in [0.717, 1.165) is 11.3 Å². The molecule has 5 heteroatoms. The first-order chi connectivity index (χ1) is 9.70. The Morgan fingerprint density at radius 3 is 2.40 bits per heavy atom. The molecule has 0 atom stereocenters. The quantitative estimate of drug-likeness (QED) is 0.660. The monoisotopic (exact) mass is 269 g/mol. The molecule has 0 bridgehead atoms. The number of nitrogens with zero attached hydrogens (tertiary/aromatic N) is 2. The molecular formula is C15H15N3O2. The number of phenolic OH excluding ortho intramolecular Hbond substituents is 1. The molecule has 0 fully saturated rings. The molecule has 0 spiro atoms. The highest BCUT2D eigenvalue weighted by Crippen LogP contribution is 2.11. The lowest BCUT2D eigenvalue weighted by Crippen LogP contribution is -2.19. The van der Waals surface area contributed by atoms with E-state index in [2.05, 4.69) is 15.5 Å². The minimum atomic E-state index is -0.280. The van der Waals surface area contributed by atoms with Crippen LogP contribution in [0.1, 0.15) is 29.3 Å². The highest BCUT2D eigenvalue weighted by Gasteiger charge is 2.05. The zero-order chi connectivity index (χ0) is 14.4. The van der Waals surface area contributed by atoms with Gasteiger partial charge in [0, 0.05) is 18.0 Å². The molecule has 0 unspecified atom stereocenters. The second-order valence-electron chi connectivity index (χ2n) is 4.14. The average molecular weight is 269 g/mol. The number of hydrazone groups is 1. The summed E-state index contributed by atoms with van der Waals surface area (Å²) < 4.78 is 0. The average Bonchev–Trinajstić information content (AvgIpc) is 2.50. The second-order valence-corrected chi connectivity index (χ2v) is 4.14. The van der Waals surface area contributed by atoms with E-state index in [1.165, 1.54) is 0 Å². The van der Waals surface area contributed by atoms with Gasteiger partial charge in [-0.25, -0.2) is 5.43 Å². The summed E-state index contributed by atoms with van der Waals surface area (Å²) in [6.07, 6.45) is 3.78. The summed E-state index contributed by atoms with van der Waals surface area (Å²) in [6.45, 7) is 1.95. The zero-order valence-electron chi connectivity index (χ0n) is 11.1. The van der Waals surface area contributed by atoms with Crippen molar-refractivity contribution in [2.45, 2.75) is 13.3 Å². The van der Waals surface area contributed by atoms with Gasteiger partial charge in [0.15, 0.2) is 0 Å². The van der Waals surface area contributed by atoms with Gasteiger partial charge in [-0.15, -0.1) is 0 Å². The Bertz CT molecular complexity index is 607. The van der Waals surface area contributed by atoms with E-state index < -0.39 is 0 Å². The van der Waals surface area contributed by atoms with Gasteiger partial charge in [0.2, 0.25) is 0 Å². The Labute approximate surface area is 117 Å². The lowest BCUT2D eigenvalue weighted by molar-refractivity contribution is 0.0954. The summed E-state index contributed by atoms with van der Waals surface area (Å²) in [5, 5.41) is 13.4. The van der Waals surface area contributed by atoms with Crippen molar-refractivity contribution in [1.82, 2.24) is 10.4 Å². The molecule has 0 saturated heterocycles. The van der Waals surface area contributed by atoms with E-state index in [1.54, 1.807) is 48.8 Å². The van der Waals surface area contributed by atoms with Gasteiger partial charge in [-0.3, -0.25) is 9.78 Å². The fourth-order valence-electron chi connectivity index (χ4n) is 1.69. The van der Waals surface area contributed by atoms with E-state index in [9.17, 15) is 9.90 Å². The number of phenols is 1. The second kappa shape index (κ2) is 6.47. The van der Waals surface area contributed by atoms with Crippen molar-refractivity contribution in [3.05, 3.63) is 59.9 Å². The van der Waals surface area contributed by atoms with E-state index in [0.29, 0.717) is 12.0 Å². The van der Waals surface area contributed by atoms with Gasteiger partial charge in [-0.05, 0) is 48.4 Å². The molecule has 0 aliphatic rings. The highest BCUT2D eigenvalue weighted by molar-refractivity contribution is 6.02. The molecular weight excluding hydrogens is 254 g/mol. The third kappa shape index (κ3) is 3.41. The molecule has 0 aliphatic carbocycles. The Kier molecular flexibility index (Phi) is 4.44. The molecule has 5 nitrogen and oxygen atoms in total. The minimum absolute atomic E-state index is 0.199. The standard InChI is InChI=1S/C15H15N3O2/c1-2-14(11-3-5-13(19)6-4-11)17-18-15(20)12-7-9-16-10-8-12/h3-10,19H,2H2,1H3,(H,18,20). The maximum Gasteiger partial charge on any atom is 0.271 e. The first-order valence-corrected chi connectivity index (χ1v) is 6.27. The van der Waals surface area contributed by atoms with Crippen LogP contribution >= 0.6 is 0 Å². The maximum atomic E-state index is 11.9. The molecule has 1 heterocycles. The lowest BCUT2D eigenvalue weighted by Gasteiger charge is -2.05. The number of hydrogen-bond acceptors (Lipinski definition) is 4. The number of rotatable bonds is 4. The van der Waals surface area contributed by atoms with Gasteiger partial charge in [-0.2, -0.15) is 5.10 Å². The number of aromatic hydroxyl groups is 1. The third-order valence-electron chi connectivity index (χ3n) is 2.77. The van der Waals surface area contributed by atoms with E-state index >= 15 is 0 Å². The van der Waals surface area contributed by atoms with Crippen LogP contribution in [0.15, 0.2) is 53.9 Å². The first kappa shape index (κ1) is 13.7. The van der Waals surface area contributed by atoms with Crippen molar-refractivity contribution < 1.29 is 9.90 Å². The SMILES string of the molecule is CCC(=NNC(=O)c1ccncc1)c1ccc(O)cc1. The van der Waals surface area contributed by atoms with Gasteiger partial charge in [0.05, 0.1) is 5.71 Å². The minimum Gasteiger partial charge on any atom is -0.508 e. The molecule has 1 aromatic heterocycles. The number of carbonyl (C=O) groups excluding carboxylic acids is 1. The van der Waals surface area contributed by atoms with Crippen LogP contribution in [0.25, 0.3) is 0 Å². The lowest BCUT2D eigenvalue weighted by atomic mass is 10.1. The van der Waals surface area contributed by atoms with Crippen LogP contribution < -0.4 is 5.43 Å². The third-order valence-corrected chi connectivity index (χ3v) is 2.77. The molecule has 1 aromatic carbocycles. The Balaban J connectivity index is 2.12. The van der Waals surface area contributed by atoms with Crippen molar-refractivity contribution in [3.8, 4) is 5.75 Å². The normalized spacial score (nSPS) is 11.2. The summed E-state index contributed by atoms with van der Waals surface area (Å²) in [6, 6.07) is 9.94. The smallest absolute Gasteiger partial charge is 0.271 e. The Hall–Kier alpha value is -2.69. The number of amides is 1.